The number of benzene rings is 2. The molecule has 1 amide bonds. The summed E-state index contributed by atoms with van der Waals surface area (Å²) < 4.78 is 63.5. The Morgan fingerprint density at radius 3 is 1.49 bits per heavy atom. The number of carboxylic acid groups (broad SMARTS) is 2. The van der Waals surface area contributed by atoms with Crippen LogP contribution >= 0.6 is 23.2 Å². The number of nitrogens with one attached hydrogen (secondary N) is 3. The zero-order valence-electron chi connectivity index (χ0n) is 22.0. The number of carboxylic acids is 2. The van der Waals surface area contributed by atoms with E-state index in [1.54, 1.807) is 12.1 Å². The van der Waals surface area contributed by atoms with Crippen molar-refractivity contribution >= 4 is 57.9 Å². The van der Waals surface area contributed by atoms with Crippen LogP contribution in [0.3, 0.4) is 0 Å². The molecule has 0 radical (unpaired) electrons. The first-order valence-electron chi connectivity index (χ1n) is 12.3. The molecule has 0 spiro atoms. The molecule has 0 bridgehead atoms. The minimum absolute atomic E-state index is 0.206. The summed E-state index contributed by atoms with van der Waals surface area (Å²) in [6.45, 7) is 3.59. The highest BCUT2D eigenvalue weighted by atomic mass is 35.5. The van der Waals surface area contributed by atoms with Crippen molar-refractivity contribution in [2.75, 3.05) is 31.5 Å². The summed E-state index contributed by atoms with van der Waals surface area (Å²) in [5.74, 6) is -5.72. The van der Waals surface area contributed by atoms with E-state index in [0.29, 0.717) is 21.3 Å². The van der Waals surface area contributed by atoms with Crippen LogP contribution in [0.2, 0.25) is 10.0 Å². The van der Waals surface area contributed by atoms with E-state index in [2.05, 4.69) is 28.1 Å². The molecule has 234 valence electrons. The lowest BCUT2D eigenvalue weighted by Crippen LogP contribution is -2.21. The molecule has 4 rings (SSSR count). The SMILES string of the molecule is O=C(Nc1ccc(C2=CCNCC2)c(Cl)c1)c1ccc(C2=CCNCC2)c(Cl)c1.O=C(O)C(F)(F)F.O=C(O)C(F)(F)F. The highest BCUT2D eigenvalue weighted by Gasteiger charge is 2.38. The second-order valence-electron chi connectivity index (χ2n) is 8.82. The van der Waals surface area contributed by atoms with Crippen molar-refractivity contribution in [2.45, 2.75) is 25.2 Å². The predicted molar refractivity (Wildman–Crippen MR) is 149 cm³/mol. The van der Waals surface area contributed by atoms with Crippen molar-refractivity contribution < 1.29 is 50.9 Å². The largest absolute Gasteiger partial charge is 0.490 e. The summed E-state index contributed by atoms with van der Waals surface area (Å²) in [6.07, 6.45) is -3.98. The molecular weight excluding hydrogens is 631 g/mol. The van der Waals surface area contributed by atoms with Gasteiger partial charge >= 0.3 is 24.3 Å². The van der Waals surface area contributed by atoms with Gasteiger partial charge in [-0.1, -0.05) is 47.5 Å². The number of hydrogen-bond donors (Lipinski definition) is 5. The zero-order valence-corrected chi connectivity index (χ0v) is 23.5. The molecule has 2 aliphatic rings. The van der Waals surface area contributed by atoms with Gasteiger partial charge in [0.2, 0.25) is 0 Å². The summed E-state index contributed by atoms with van der Waals surface area (Å²) >= 11 is 12.9. The average molecular weight is 656 g/mol. The van der Waals surface area contributed by atoms with Gasteiger partial charge < -0.3 is 26.2 Å². The third-order valence-electron chi connectivity index (χ3n) is 5.76. The Labute approximate surface area is 251 Å². The molecule has 5 N–H and O–H groups in total. The quantitative estimate of drug-likeness (QED) is 0.246. The number of amides is 1. The fourth-order valence-corrected chi connectivity index (χ4v) is 4.31. The predicted octanol–water partition coefficient (Wildman–Crippen LogP) is 6.27. The van der Waals surface area contributed by atoms with Crippen molar-refractivity contribution in [1.82, 2.24) is 10.6 Å². The highest BCUT2D eigenvalue weighted by molar-refractivity contribution is 6.33. The monoisotopic (exact) mass is 655 g/mol. The highest BCUT2D eigenvalue weighted by Crippen LogP contribution is 2.31. The van der Waals surface area contributed by atoms with Gasteiger partial charge in [-0.25, -0.2) is 9.59 Å². The van der Waals surface area contributed by atoms with Crippen LogP contribution in [0.1, 0.15) is 34.3 Å². The summed E-state index contributed by atoms with van der Waals surface area (Å²) in [5, 5.41) is 25.0. The molecule has 0 saturated heterocycles. The minimum Gasteiger partial charge on any atom is -0.475 e. The molecule has 2 aromatic carbocycles. The molecule has 16 heteroatoms. The van der Waals surface area contributed by atoms with Crippen LogP contribution in [-0.2, 0) is 9.59 Å². The van der Waals surface area contributed by atoms with E-state index in [9.17, 15) is 31.1 Å². The first kappa shape index (κ1) is 35.6. The number of anilines is 1. The number of hydrogen-bond acceptors (Lipinski definition) is 5. The Bertz CT molecular complexity index is 1370. The fraction of sp³-hybridized carbons (Fsp3) is 0.296. The number of aliphatic carboxylic acids is 2. The summed E-state index contributed by atoms with van der Waals surface area (Å²) in [5.41, 5.74) is 5.66. The molecule has 0 unspecified atom stereocenters. The lowest BCUT2D eigenvalue weighted by Gasteiger charge is -2.17. The van der Waals surface area contributed by atoms with Crippen LogP contribution < -0.4 is 16.0 Å². The van der Waals surface area contributed by atoms with Crippen LogP contribution in [0.15, 0.2) is 48.6 Å². The average Bonchev–Trinajstić information content (AvgIpc) is 2.93. The third kappa shape index (κ3) is 11.5. The molecular formula is C27H25Cl2F6N3O5. The van der Waals surface area contributed by atoms with Gasteiger partial charge in [0.1, 0.15) is 0 Å². The second kappa shape index (κ2) is 15.8. The molecule has 0 fully saturated rings. The lowest BCUT2D eigenvalue weighted by molar-refractivity contribution is -0.193. The van der Waals surface area contributed by atoms with Crippen LogP contribution in [-0.4, -0.2) is 66.6 Å². The van der Waals surface area contributed by atoms with Gasteiger partial charge in [-0.2, -0.15) is 26.3 Å². The maximum absolute atomic E-state index is 12.7. The Morgan fingerprint density at radius 1 is 0.721 bits per heavy atom. The Morgan fingerprint density at radius 2 is 1.14 bits per heavy atom. The zero-order chi connectivity index (χ0) is 32.4. The van der Waals surface area contributed by atoms with Gasteiger partial charge in [-0.3, -0.25) is 4.79 Å². The summed E-state index contributed by atoms with van der Waals surface area (Å²) in [7, 11) is 0. The minimum atomic E-state index is -5.08. The first-order valence-corrected chi connectivity index (χ1v) is 13.1. The molecule has 2 heterocycles. The van der Waals surface area contributed by atoms with E-state index in [4.69, 9.17) is 43.0 Å². The normalized spacial score (nSPS) is 15.0. The summed E-state index contributed by atoms with van der Waals surface area (Å²) in [4.78, 5) is 30.5. The van der Waals surface area contributed by atoms with Crippen molar-refractivity contribution in [1.29, 1.82) is 0 Å². The van der Waals surface area contributed by atoms with Gasteiger partial charge in [0.15, 0.2) is 0 Å². The lowest BCUT2D eigenvalue weighted by atomic mass is 9.98. The van der Waals surface area contributed by atoms with Crippen molar-refractivity contribution in [3.63, 3.8) is 0 Å². The molecule has 0 aliphatic carbocycles. The third-order valence-corrected chi connectivity index (χ3v) is 6.39. The molecule has 43 heavy (non-hydrogen) atoms. The molecule has 0 atom stereocenters. The van der Waals surface area contributed by atoms with E-state index in [0.717, 1.165) is 50.1 Å². The Hall–Kier alpha value is -3.59. The van der Waals surface area contributed by atoms with Gasteiger partial charge in [0, 0.05) is 29.4 Å². The van der Waals surface area contributed by atoms with Crippen LogP contribution in [0.25, 0.3) is 11.1 Å². The second-order valence-corrected chi connectivity index (χ2v) is 9.63. The van der Waals surface area contributed by atoms with E-state index >= 15 is 0 Å². The maximum Gasteiger partial charge on any atom is 0.490 e. The number of rotatable bonds is 4. The molecule has 8 nitrogen and oxygen atoms in total. The molecule has 0 aromatic heterocycles. The first-order chi connectivity index (χ1) is 20.0. The van der Waals surface area contributed by atoms with Crippen LogP contribution in [0.4, 0.5) is 32.0 Å². The van der Waals surface area contributed by atoms with Crippen molar-refractivity contribution in [3.05, 3.63) is 75.3 Å². The Kier molecular flexibility index (Phi) is 13.0. The van der Waals surface area contributed by atoms with E-state index in [1.807, 2.05) is 24.3 Å². The topological polar surface area (TPSA) is 128 Å². The molecule has 2 aromatic rings. The summed E-state index contributed by atoms with van der Waals surface area (Å²) in [6, 6.07) is 11.1. The van der Waals surface area contributed by atoms with Crippen LogP contribution in [0.5, 0.6) is 0 Å². The van der Waals surface area contributed by atoms with Gasteiger partial charge in [0.25, 0.3) is 5.91 Å². The van der Waals surface area contributed by atoms with Crippen molar-refractivity contribution in [3.8, 4) is 0 Å². The number of alkyl halides is 6. The van der Waals surface area contributed by atoms with Gasteiger partial charge in [-0.15, -0.1) is 0 Å². The van der Waals surface area contributed by atoms with Crippen LogP contribution in [0, 0.1) is 0 Å². The van der Waals surface area contributed by atoms with Gasteiger partial charge in [0.05, 0.1) is 5.02 Å². The molecule has 0 saturated carbocycles. The Balaban J connectivity index is 0.000000384. The van der Waals surface area contributed by atoms with E-state index < -0.39 is 24.3 Å². The van der Waals surface area contributed by atoms with Crippen molar-refractivity contribution in [2.24, 2.45) is 0 Å². The number of carbonyl (C=O) groups is 3. The molecule has 2 aliphatic heterocycles. The van der Waals surface area contributed by atoms with E-state index in [-0.39, 0.29) is 5.91 Å². The smallest absolute Gasteiger partial charge is 0.475 e. The van der Waals surface area contributed by atoms with E-state index in [1.165, 1.54) is 11.1 Å². The number of carbonyl (C=O) groups excluding carboxylic acids is 1. The number of halogens is 8. The fourth-order valence-electron chi connectivity index (χ4n) is 3.71. The van der Waals surface area contributed by atoms with Gasteiger partial charge in [-0.05, 0) is 72.5 Å². The standard InChI is InChI=1S/C23H23Cl2N3O.2C2HF3O2/c24-21-13-17(1-3-19(21)15-5-9-26-10-6-15)23(29)28-18-2-4-20(22(25)14-18)16-7-11-27-12-8-16;2*3-2(4,5)1(6)7/h1-5,7,13-14,26-27H,6,8-12H2,(H,28,29);2*(H,6,7). The maximum atomic E-state index is 12.7.